The SMILES string of the molecule is CC(CN)CC(=O)N1CCCC(CNS(C)(=O)=O)C1. The van der Waals surface area contributed by atoms with E-state index >= 15 is 0 Å². The van der Waals surface area contributed by atoms with Gasteiger partial charge >= 0.3 is 0 Å². The summed E-state index contributed by atoms with van der Waals surface area (Å²) in [5.74, 6) is 0.532. The first-order valence-electron chi connectivity index (χ1n) is 6.74. The summed E-state index contributed by atoms with van der Waals surface area (Å²) in [7, 11) is -3.15. The molecule has 1 saturated heterocycles. The molecule has 0 aromatic heterocycles. The summed E-state index contributed by atoms with van der Waals surface area (Å²) in [5.41, 5.74) is 5.53. The number of hydrogen-bond acceptors (Lipinski definition) is 4. The summed E-state index contributed by atoms with van der Waals surface area (Å²) < 4.78 is 24.7. The molecule has 1 fully saturated rings. The summed E-state index contributed by atoms with van der Waals surface area (Å²) in [6, 6.07) is 0. The summed E-state index contributed by atoms with van der Waals surface area (Å²) >= 11 is 0. The molecular formula is C12H25N3O3S. The van der Waals surface area contributed by atoms with Crippen molar-refractivity contribution >= 4 is 15.9 Å². The second-order valence-electron chi connectivity index (χ2n) is 5.51. The molecule has 1 heterocycles. The predicted molar refractivity (Wildman–Crippen MR) is 75.0 cm³/mol. The van der Waals surface area contributed by atoms with Gasteiger partial charge in [-0.2, -0.15) is 0 Å². The molecule has 3 N–H and O–H groups in total. The molecule has 1 amide bonds. The monoisotopic (exact) mass is 291 g/mol. The lowest BCUT2D eigenvalue weighted by Crippen LogP contribution is -2.44. The average molecular weight is 291 g/mol. The number of rotatable bonds is 6. The Labute approximate surface area is 115 Å². The van der Waals surface area contributed by atoms with Crippen molar-refractivity contribution in [3.05, 3.63) is 0 Å². The van der Waals surface area contributed by atoms with E-state index in [2.05, 4.69) is 4.72 Å². The summed E-state index contributed by atoms with van der Waals surface area (Å²) in [4.78, 5) is 13.9. The van der Waals surface area contributed by atoms with Crippen LogP contribution in [0.4, 0.5) is 0 Å². The fraction of sp³-hybridized carbons (Fsp3) is 0.917. The molecule has 112 valence electrons. The Morgan fingerprint density at radius 3 is 2.79 bits per heavy atom. The lowest BCUT2D eigenvalue weighted by atomic mass is 9.97. The molecule has 2 atom stereocenters. The zero-order valence-electron chi connectivity index (χ0n) is 11.8. The smallest absolute Gasteiger partial charge is 0.222 e. The van der Waals surface area contributed by atoms with Gasteiger partial charge in [-0.25, -0.2) is 13.1 Å². The molecule has 19 heavy (non-hydrogen) atoms. The van der Waals surface area contributed by atoms with Crippen LogP contribution in [0.25, 0.3) is 0 Å². The third-order valence-electron chi connectivity index (χ3n) is 3.43. The quantitative estimate of drug-likeness (QED) is 0.706. The maximum absolute atomic E-state index is 12.0. The number of likely N-dealkylation sites (tertiary alicyclic amines) is 1. The van der Waals surface area contributed by atoms with Crippen LogP contribution >= 0.6 is 0 Å². The van der Waals surface area contributed by atoms with Crippen molar-refractivity contribution in [2.75, 3.05) is 32.4 Å². The van der Waals surface area contributed by atoms with Crippen LogP contribution in [0.3, 0.4) is 0 Å². The number of carbonyl (C=O) groups excluding carboxylic acids is 1. The van der Waals surface area contributed by atoms with Gasteiger partial charge in [0, 0.05) is 26.1 Å². The molecule has 0 aromatic rings. The van der Waals surface area contributed by atoms with E-state index < -0.39 is 10.0 Å². The van der Waals surface area contributed by atoms with Crippen molar-refractivity contribution in [1.29, 1.82) is 0 Å². The van der Waals surface area contributed by atoms with E-state index in [1.807, 2.05) is 11.8 Å². The molecule has 0 spiro atoms. The van der Waals surface area contributed by atoms with Gasteiger partial charge < -0.3 is 10.6 Å². The van der Waals surface area contributed by atoms with Gasteiger partial charge in [0.25, 0.3) is 0 Å². The standard InChI is InChI=1S/C12H25N3O3S/c1-10(7-13)6-12(16)15-5-3-4-11(9-15)8-14-19(2,17)18/h10-11,14H,3-9,13H2,1-2H3. The van der Waals surface area contributed by atoms with E-state index in [9.17, 15) is 13.2 Å². The van der Waals surface area contributed by atoms with E-state index in [-0.39, 0.29) is 17.7 Å². The van der Waals surface area contributed by atoms with Crippen LogP contribution < -0.4 is 10.5 Å². The van der Waals surface area contributed by atoms with E-state index in [0.29, 0.717) is 26.1 Å². The van der Waals surface area contributed by atoms with Crippen molar-refractivity contribution in [1.82, 2.24) is 9.62 Å². The fourth-order valence-corrected chi connectivity index (χ4v) is 2.78. The number of amides is 1. The minimum atomic E-state index is -3.15. The van der Waals surface area contributed by atoms with Crippen LogP contribution in [0.1, 0.15) is 26.2 Å². The summed E-state index contributed by atoms with van der Waals surface area (Å²) in [6.45, 7) is 4.29. The number of nitrogens with one attached hydrogen (secondary N) is 1. The zero-order valence-corrected chi connectivity index (χ0v) is 12.6. The summed E-state index contributed by atoms with van der Waals surface area (Å²) in [6.07, 6.45) is 3.52. The van der Waals surface area contributed by atoms with E-state index in [4.69, 9.17) is 5.73 Å². The Bertz CT molecular complexity index is 397. The average Bonchev–Trinajstić information content (AvgIpc) is 2.35. The van der Waals surface area contributed by atoms with Crippen molar-refractivity contribution < 1.29 is 13.2 Å². The van der Waals surface area contributed by atoms with E-state index in [0.717, 1.165) is 25.6 Å². The maximum atomic E-state index is 12.0. The highest BCUT2D eigenvalue weighted by Gasteiger charge is 2.24. The van der Waals surface area contributed by atoms with Crippen LogP contribution in [0, 0.1) is 11.8 Å². The molecular weight excluding hydrogens is 266 g/mol. The molecule has 1 aliphatic rings. The van der Waals surface area contributed by atoms with Gasteiger partial charge in [0.2, 0.25) is 15.9 Å². The molecule has 1 rings (SSSR count). The Balaban J connectivity index is 2.43. The molecule has 6 nitrogen and oxygen atoms in total. The molecule has 7 heteroatoms. The normalized spacial score (nSPS) is 22.3. The molecule has 0 saturated carbocycles. The maximum Gasteiger partial charge on any atom is 0.222 e. The molecule has 0 aliphatic carbocycles. The van der Waals surface area contributed by atoms with Crippen LogP contribution in [-0.4, -0.2) is 51.7 Å². The van der Waals surface area contributed by atoms with Gasteiger partial charge in [0.1, 0.15) is 0 Å². The number of hydrogen-bond donors (Lipinski definition) is 2. The van der Waals surface area contributed by atoms with Gasteiger partial charge in [-0.15, -0.1) is 0 Å². The highest BCUT2D eigenvalue weighted by molar-refractivity contribution is 7.88. The molecule has 0 aromatic carbocycles. The van der Waals surface area contributed by atoms with Crippen molar-refractivity contribution in [2.45, 2.75) is 26.2 Å². The highest BCUT2D eigenvalue weighted by atomic mass is 32.2. The highest BCUT2D eigenvalue weighted by Crippen LogP contribution is 2.17. The minimum absolute atomic E-state index is 0.127. The number of carbonyl (C=O) groups is 1. The van der Waals surface area contributed by atoms with Crippen LogP contribution in [0.2, 0.25) is 0 Å². The topological polar surface area (TPSA) is 92.5 Å². The molecule has 2 unspecified atom stereocenters. The second kappa shape index (κ2) is 7.21. The van der Waals surface area contributed by atoms with Crippen LogP contribution in [0.15, 0.2) is 0 Å². The molecule has 0 radical (unpaired) electrons. The predicted octanol–water partition coefficient (Wildman–Crippen LogP) is -0.241. The second-order valence-corrected chi connectivity index (χ2v) is 7.35. The largest absolute Gasteiger partial charge is 0.342 e. The lowest BCUT2D eigenvalue weighted by Gasteiger charge is -2.33. The third kappa shape index (κ3) is 6.35. The van der Waals surface area contributed by atoms with Crippen molar-refractivity contribution in [2.24, 2.45) is 17.6 Å². The third-order valence-corrected chi connectivity index (χ3v) is 4.12. The number of sulfonamides is 1. The van der Waals surface area contributed by atoms with Gasteiger partial charge in [0.05, 0.1) is 6.26 Å². The molecule has 0 bridgehead atoms. The minimum Gasteiger partial charge on any atom is -0.342 e. The lowest BCUT2D eigenvalue weighted by molar-refractivity contribution is -0.133. The van der Waals surface area contributed by atoms with Gasteiger partial charge in [-0.1, -0.05) is 6.92 Å². The van der Waals surface area contributed by atoms with Crippen LogP contribution in [-0.2, 0) is 14.8 Å². The van der Waals surface area contributed by atoms with Gasteiger partial charge in [0.15, 0.2) is 0 Å². The number of nitrogens with zero attached hydrogens (tertiary/aromatic N) is 1. The van der Waals surface area contributed by atoms with Crippen LogP contribution in [0.5, 0.6) is 0 Å². The van der Waals surface area contributed by atoms with Crippen molar-refractivity contribution in [3.63, 3.8) is 0 Å². The Hall–Kier alpha value is -0.660. The van der Waals surface area contributed by atoms with E-state index in [1.54, 1.807) is 0 Å². The number of piperidine rings is 1. The summed E-state index contributed by atoms with van der Waals surface area (Å²) in [5, 5.41) is 0. The van der Waals surface area contributed by atoms with E-state index in [1.165, 1.54) is 0 Å². The van der Waals surface area contributed by atoms with Gasteiger partial charge in [-0.05, 0) is 31.2 Å². The first-order chi connectivity index (χ1) is 8.81. The fourth-order valence-electron chi connectivity index (χ4n) is 2.24. The van der Waals surface area contributed by atoms with Crippen molar-refractivity contribution in [3.8, 4) is 0 Å². The zero-order chi connectivity index (χ0) is 14.5. The Kier molecular flexibility index (Phi) is 6.22. The Morgan fingerprint density at radius 1 is 1.53 bits per heavy atom. The first kappa shape index (κ1) is 16.4. The number of nitrogens with two attached hydrogens (primary N) is 1. The first-order valence-corrected chi connectivity index (χ1v) is 8.63. The molecule has 1 aliphatic heterocycles. The Morgan fingerprint density at radius 2 is 2.21 bits per heavy atom. The van der Waals surface area contributed by atoms with Gasteiger partial charge in [-0.3, -0.25) is 4.79 Å².